The predicted molar refractivity (Wildman–Crippen MR) is 96.1 cm³/mol. The van der Waals surface area contributed by atoms with Gasteiger partial charge in [-0.15, -0.1) is 11.3 Å². The first-order chi connectivity index (χ1) is 11.6. The Hall–Kier alpha value is -2.47. The van der Waals surface area contributed by atoms with Crippen LogP contribution in [0.5, 0.6) is 0 Å². The van der Waals surface area contributed by atoms with Crippen LogP contribution in [0.2, 0.25) is 0 Å². The van der Waals surface area contributed by atoms with Crippen LogP contribution in [-0.2, 0) is 13.1 Å². The molecule has 0 saturated heterocycles. The van der Waals surface area contributed by atoms with Crippen molar-refractivity contribution in [2.24, 2.45) is 0 Å². The van der Waals surface area contributed by atoms with E-state index in [1.165, 1.54) is 0 Å². The smallest absolute Gasteiger partial charge is 0.269 e. The van der Waals surface area contributed by atoms with Gasteiger partial charge in [0, 0.05) is 24.0 Å². The molecule has 6 heteroatoms. The molecule has 0 aliphatic heterocycles. The van der Waals surface area contributed by atoms with Gasteiger partial charge >= 0.3 is 0 Å². The van der Waals surface area contributed by atoms with Crippen molar-refractivity contribution >= 4 is 17.2 Å². The van der Waals surface area contributed by atoms with E-state index in [9.17, 15) is 4.79 Å². The lowest BCUT2D eigenvalue weighted by molar-refractivity contribution is 0.0940. The molecule has 0 radical (unpaired) electrons. The average Bonchev–Trinajstić information content (AvgIpc) is 3.18. The third-order valence-electron chi connectivity index (χ3n) is 3.73. The van der Waals surface area contributed by atoms with Crippen molar-refractivity contribution < 1.29 is 4.79 Å². The highest BCUT2D eigenvalue weighted by Gasteiger charge is 2.13. The molecule has 3 rings (SSSR count). The molecule has 24 heavy (non-hydrogen) atoms. The van der Waals surface area contributed by atoms with Gasteiger partial charge in [-0.1, -0.05) is 18.2 Å². The van der Waals surface area contributed by atoms with E-state index < -0.39 is 0 Å². The van der Waals surface area contributed by atoms with Crippen molar-refractivity contribution in [2.75, 3.05) is 0 Å². The quantitative estimate of drug-likeness (QED) is 0.772. The summed E-state index contributed by atoms with van der Waals surface area (Å²) in [6.45, 7) is 7.01. The molecule has 0 saturated carbocycles. The average molecular weight is 340 g/mol. The standard InChI is InChI=1S/C18H20N4OS/c1-4-22-17(8-12(2)21-22)18(23)19-10-14-6-5-7-15(9-14)16-11-24-13(3)20-16/h5-9,11H,4,10H2,1-3H3,(H,19,23). The Morgan fingerprint density at radius 1 is 1.29 bits per heavy atom. The minimum atomic E-state index is -0.104. The maximum atomic E-state index is 12.4. The van der Waals surface area contributed by atoms with Crippen LogP contribution < -0.4 is 5.32 Å². The zero-order valence-corrected chi connectivity index (χ0v) is 14.9. The number of hydrogen-bond acceptors (Lipinski definition) is 4. The monoisotopic (exact) mass is 340 g/mol. The number of benzene rings is 1. The number of amides is 1. The molecule has 0 atom stereocenters. The minimum absolute atomic E-state index is 0.104. The van der Waals surface area contributed by atoms with E-state index in [2.05, 4.69) is 26.8 Å². The molecule has 2 aromatic heterocycles. The van der Waals surface area contributed by atoms with Gasteiger partial charge in [-0.2, -0.15) is 5.10 Å². The summed E-state index contributed by atoms with van der Waals surface area (Å²) in [4.78, 5) is 16.9. The highest BCUT2D eigenvalue weighted by Crippen LogP contribution is 2.22. The van der Waals surface area contributed by atoms with Crippen LogP contribution in [0.4, 0.5) is 0 Å². The van der Waals surface area contributed by atoms with Crippen molar-refractivity contribution in [2.45, 2.75) is 33.9 Å². The van der Waals surface area contributed by atoms with E-state index in [1.807, 2.05) is 45.0 Å². The van der Waals surface area contributed by atoms with Gasteiger partial charge in [0.05, 0.1) is 16.4 Å². The topological polar surface area (TPSA) is 59.8 Å². The van der Waals surface area contributed by atoms with Gasteiger partial charge in [0.1, 0.15) is 5.69 Å². The Labute approximate surface area is 145 Å². The lowest BCUT2D eigenvalue weighted by Gasteiger charge is -2.08. The molecule has 0 spiro atoms. The number of nitrogens with one attached hydrogen (secondary N) is 1. The van der Waals surface area contributed by atoms with Crippen molar-refractivity contribution in [1.29, 1.82) is 0 Å². The molecule has 0 bridgehead atoms. The number of carbonyl (C=O) groups excluding carboxylic acids is 1. The number of carbonyl (C=O) groups is 1. The fraction of sp³-hybridized carbons (Fsp3) is 0.278. The molecule has 5 nitrogen and oxygen atoms in total. The van der Waals surface area contributed by atoms with E-state index in [-0.39, 0.29) is 5.91 Å². The van der Waals surface area contributed by atoms with Gasteiger partial charge in [0.25, 0.3) is 5.91 Å². The van der Waals surface area contributed by atoms with Crippen LogP contribution >= 0.6 is 11.3 Å². The molecule has 1 aromatic carbocycles. The Balaban J connectivity index is 1.71. The molecule has 1 N–H and O–H groups in total. The van der Waals surface area contributed by atoms with Crippen LogP contribution in [0.3, 0.4) is 0 Å². The molecule has 2 heterocycles. The van der Waals surface area contributed by atoms with E-state index in [0.717, 1.165) is 27.5 Å². The largest absolute Gasteiger partial charge is 0.347 e. The summed E-state index contributed by atoms with van der Waals surface area (Å²) in [6.07, 6.45) is 0. The van der Waals surface area contributed by atoms with Gasteiger partial charge in [-0.3, -0.25) is 9.48 Å². The first-order valence-corrected chi connectivity index (χ1v) is 8.79. The van der Waals surface area contributed by atoms with Crippen LogP contribution in [0.25, 0.3) is 11.3 Å². The van der Waals surface area contributed by atoms with Crippen molar-refractivity contribution in [3.63, 3.8) is 0 Å². The highest BCUT2D eigenvalue weighted by molar-refractivity contribution is 7.09. The van der Waals surface area contributed by atoms with Crippen molar-refractivity contribution in [3.05, 3.63) is 57.7 Å². The van der Waals surface area contributed by atoms with Crippen LogP contribution in [0.15, 0.2) is 35.7 Å². The summed E-state index contributed by atoms with van der Waals surface area (Å²) < 4.78 is 1.72. The predicted octanol–water partition coefficient (Wildman–Crippen LogP) is 3.57. The second kappa shape index (κ2) is 6.97. The third kappa shape index (κ3) is 3.54. The molecule has 0 aliphatic rings. The molecule has 0 aliphatic carbocycles. The minimum Gasteiger partial charge on any atom is -0.347 e. The summed E-state index contributed by atoms with van der Waals surface area (Å²) >= 11 is 1.64. The van der Waals surface area contributed by atoms with E-state index >= 15 is 0 Å². The first-order valence-electron chi connectivity index (χ1n) is 7.91. The molecule has 0 fully saturated rings. The number of aryl methyl sites for hydroxylation is 3. The number of hydrogen-bond donors (Lipinski definition) is 1. The summed E-state index contributed by atoms with van der Waals surface area (Å²) in [5.74, 6) is -0.104. The van der Waals surface area contributed by atoms with Crippen LogP contribution in [0.1, 0.15) is 33.7 Å². The van der Waals surface area contributed by atoms with Crippen LogP contribution in [-0.4, -0.2) is 20.7 Å². The van der Waals surface area contributed by atoms with Gasteiger partial charge in [-0.25, -0.2) is 4.98 Å². The SMILES string of the molecule is CCn1nc(C)cc1C(=O)NCc1cccc(-c2csc(C)n2)c1. The summed E-state index contributed by atoms with van der Waals surface area (Å²) in [5.41, 5.74) is 4.54. The Morgan fingerprint density at radius 2 is 2.12 bits per heavy atom. The highest BCUT2D eigenvalue weighted by atomic mass is 32.1. The maximum Gasteiger partial charge on any atom is 0.269 e. The second-order valence-electron chi connectivity index (χ2n) is 5.62. The maximum absolute atomic E-state index is 12.4. The fourth-order valence-electron chi connectivity index (χ4n) is 2.58. The number of rotatable bonds is 5. The number of thiazole rings is 1. The van der Waals surface area contributed by atoms with E-state index in [0.29, 0.717) is 18.8 Å². The Bertz CT molecular complexity index is 866. The zero-order chi connectivity index (χ0) is 17.1. The fourth-order valence-corrected chi connectivity index (χ4v) is 3.20. The van der Waals surface area contributed by atoms with E-state index in [4.69, 9.17) is 0 Å². The molecule has 124 valence electrons. The molecule has 0 unspecified atom stereocenters. The van der Waals surface area contributed by atoms with Gasteiger partial charge < -0.3 is 5.32 Å². The second-order valence-corrected chi connectivity index (χ2v) is 6.68. The number of nitrogens with zero attached hydrogens (tertiary/aromatic N) is 3. The number of aromatic nitrogens is 3. The van der Waals surface area contributed by atoms with Crippen molar-refractivity contribution in [1.82, 2.24) is 20.1 Å². The summed E-state index contributed by atoms with van der Waals surface area (Å²) in [5, 5.41) is 10.4. The Kier molecular flexibility index (Phi) is 4.76. The third-order valence-corrected chi connectivity index (χ3v) is 4.50. The van der Waals surface area contributed by atoms with Gasteiger partial charge in [-0.05, 0) is 38.5 Å². The summed E-state index contributed by atoms with van der Waals surface area (Å²) in [6, 6.07) is 9.91. The van der Waals surface area contributed by atoms with E-state index in [1.54, 1.807) is 16.0 Å². The normalized spacial score (nSPS) is 10.8. The Morgan fingerprint density at radius 3 is 2.83 bits per heavy atom. The molecular weight excluding hydrogens is 320 g/mol. The lowest BCUT2D eigenvalue weighted by atomic mass is 10.1. The molecule has 1 amide bonds. The first kappa shape index (κ1) is 16.4. The zero-order valence-electron chi connectivity index (χ0n) is 14.0. The summed E-state index contributed by atoms with van der Waals surface area (Å²) in [7, 11) is 0. The lowest BCUT2D eigenvalue weighted by Crippen LogP contribution is -2.25. The van der Waals surface area contributed by atoms with Gasteiger partial charge in [0.15, 0.2) is 0 Å². The molecular formula is C18H20N4OS. The van der Waals surface area contributed by atoms with Gasteiger partial charge in [0.2, 0.25) is 0 Å². The van der Waals surface area contributed by atoms with Crippen LogP contribution in [0, 0.1) is 13.8 Å². The van der Waals surface area contributed by atoms with Crippen molar-refractivity contribution in [3.8, 4) is 11.3 Å². The molecule has 3 aromatic rings.